The van der Waals surface area contributed by atoms with Gasteiger partial charge in [0.2, 0.25) is 5.91 Å². The van der Waals surface area contributed by atoms with E-state index in [1.807, 2.05) is 17.9 Å². The molecule has 3 heterocycles. The van der Waals surface area contributed by atoms with Crippen LogP contribution in [0.25, 0.3) is 0 Å². The zero-order chi connectivity index (χ0) is 15.5. The van der Waals surface area contributed by atoms with E-state index in [-0.39, 0.29) is 17.9 Å². The van der Waals surface area contributed by atoms with Crippen molar-refractivity contribution in [1.29, 1.82) is 0 Å². The highest BCUT2D eigenvalue weighted by Gasteiger charge is 2.37. The summed E-state index contributed by atoms with van der Waals surface area (Å²) >= 11 is 0. The maximum atomic E-state index is 12.6. The molecule has 0 bridgehead atoms. The minimum absolute atomic E-state index is 0.0431. The van der Waals surface area contributed by atoms with Crippen molar-refractivity contribution < 1.29 is 9.53 Å². The summed E-state index contributed by atoms with van der Waals surface area (Å²) < 4.78 is 5.52. The van der Waals surface area contributed by atoms with Crippen LogP contribution < -0.4 is 0 Å². The van der Waals surface area contributed by atoms with Crippen LogP contribution in [-0.4, -0.2) is 64.6 Å². The molecule has 0 radical (unpaired) electrons. The quantitative estimate of drug-likeness (QED) is 0.828. The Hall–Kier alpha value is -1.53. The van der Waals surface area contributed by atoms with Crippen LogP contribution in [0.2, 0.25) is 0 Å². The number of rotatable bonds is 4. The third-order valence-corrected chi connectivity index (χ3v) is 4.80. The molecule has 0 aromatic carbocycles. The van der Waals surface area contributed by atoms with Crippen LogP contribution >= 0.6 is 0 Å². The SMILES string of the molecule is C[C@@H]1OCC[C@@H]1C(=O)N1CC[C@H](N(C)Cc2ncccn2)C1. The monoisotopic (exact) mass is 304 g/mol. The first-order chi connectivity index (χ1) is 10.6. The van der Waals surface area contributed by atoms with E-state index < -0.39 is 0 Å². The van der Waals surface area contributed by atoms with Crippen molar-refractivity contribution >= 4 is 5.91 Å². The maximum Gasteiger partial charge on any atom is 0.228 e. The molecular weight excluding hydrogens is 280 g/mol. The standard InChI is InChI=1S/C16H24N4O2/c1-12-14(5-9-22-12)16(21)20-8-4-13(10-20)19(2)11-15-17-6-3-7-18-15/h3,6-7,12-14H,4-5,8-11H2,1-2H3/t12-,13-,14-/m0/s1. The first-order valence-corrected chi connectivity index (χ1v) is 8.01. The van der Waals surface area contributed by atoms with Crippen LogP contribution in [0.1, 0.15) is 25.6 Å². The zero-order valence-electron chi connectivity index (χ0n) is 13.3. The molecule has 1 aromatic rings. The molecule has 120 valence electrons. The fourth-order valence-corrected chi connectivity index (χ4v) is 3.36. The lowest BCUT2D eigenvalue weighted by Crippen LogP contribution is -2.40. The van der Waals surface area contributed by atoms with Gasteiger partial charge in [0.05, 0.1) is 18.6 Å². The molecular formula is C16H24N4O2. The van der Waals surface area contributed by atoms with Gasteiger partial charge in [0.25, 0.3) is 0 Å². The summed E-state index contributed by atoms with van der Waals surface area (Å²) in [6.45, 7) is 5.07. The van der Waals surface area contributed by atoms with Gasteiger partial charge in [0.15, 0.2) is 0 Å². The Morgan fingerprint density at radius 3 is 2.86 bits per heavy atom. The molecule has 1 aromatic heterocycles. The molecule has 22 heavy (non-hydrogen) atoms. The van der Waals surface area contributed by atoms with Crippen LogP contribution in [0.5, 0.6) is 0 Å². The number of aromatic nitrogens is 2. The second-order valence-electron chi connectivity index (χ2n) is 6.28. The lowest BCUT2D eigenvalue weighted by molar-refractivity contribution is -0.136. The highest BCUT2D eigenvalue weighted by molar-refractivity contribution is 5.80. The van der Waals surface area contributed by atoms with E-state index in [2.05, 4.69) is 21.9 Å². The predicted octanol–water partition coefficient (Wildman–Crippen LogP) is 0.934. The number of amides is 1. The Balaban J connectivity index is 1.54. The van der Waals surface area contributed by atoms with E-state index in [9.17, 15) is 4.79 Å². The average Bonchev–Trinajstić information content (AvgIpc) is 3.16. The van der Waals surface area contributed by atoms with Crippen molar-refractivity contribution in [2.45, 2.75) is 38.5 Å². The van der Waals surface area contributed by atoms with E-state index in [1.54, 1.807) is 12.4 Å². The molecule has 2 aliphatic rings. The molecule has 0 N–H and O–H groups in total. The van der Waals surface area contributed by atoms with Gasteiger partial charge in [-0.1, -0.05) is 0 Å². The van der Waals surface area contributed by atoms with Crippen molar-refractivity contribution in [2.24, 2.45) is 5.92 Å². The average molecular weight is 304 g/mol. The molecule has 0 unspecified atom stereocenters. The number of hydrogen-bond acceptors (Lipinski definition) is 5. The van der Waals surface area contributed by atoms with Crippen LogP contribution in [0.3, 0.4) is 0 Å². The molecule has 3 rings (SSSR count). The van der Waals surface area contributed by atoms with Gasteiger partial charge in [-0.25, -0.2) is 9.97 Å². The molecule has 1 amide bonds. The third kappa shape index (κ3) is 3.28. The maximum absolute atomic E-state index is 12.6. The molecule has 0 aliphatic carbocycles. The summed E-state index contributed by atoms with van der Waals surface area (Å²) in [5, 5.41) is 0. The number of carbonyl (C=O) groups is 1. The largest absolute Gasteiger partial charge is 0.378 e. The van der Waals surface area contributed by atoms with Crippen LogP contribution in [0, 0.1) is 5.92 Å². The van der Waals surface area contributed by atoms with Crippen molar-refractivity contribution in [3.05, 3.63) is 24.3 Å². The fourth-order valence-electron chi connectivity index (χ4n) is 3.36. The van der Waals surface area contributed by atoms with E-state index in [0.29, 0.717) is 12.6 Å². The predicted molar refractivity (Wildman–Crippen MR) is 82.0 cm³/mol. The summed E-state index contributed by atoms with van der Waals surface area (Å²) in [4.78, 5) is 25.4. The second-order valence-corrected chi connectivity index (χ2v) is 6.28. The van der Waals surface area contributed by atoms with Gasteiger partial charge in [-0.3, -0.25) is 9.69 Å². The second kappa shape index (κ2) is 6.71. The van der Waals surface area contributed by atoms with Gasteiger partial charge >= 0.3 is 0 Å². The third-order valence-electron chi connectivity index (χ3n) is 4.80. The Labute approximate surface area is 131 Å². The lowest BCUT2D eigenvalue weighted by Gasteiger charge is -2.25. The van der Waals surface area contributed by atoms with Crippen molar-refractivity contribution in [3.8, 4) is 0 Å². The summed E-state index contributed by atoms with van der Waals surface area (Å²) in [7, 11) is 2.08. The minimum atomic E-state index is 0.0431. The Morgan fingerprint density at radius 1 is 1.41 bits per heavy atom. The van der Waals surface area contributed by atoms with E-state index in [4.69, 9.17) is 4.74 Å². The van der Waals surface area contributed by atoms with Crippen molar-refractivity contribution in [2.75, 3.05) is 26.7 Å². The molecule has 0 saturated carbocycles. The number of likely N-dealkylation sites (N-methyl/N-ethyl adjacent to an activating group) is 1. The number of likely N-dealkylation sites (tertiary alicyclic amines) is 1. The number of hydrogen-bond donors (Lipinski definition) is 0. The lowest BCUT2D eigenvalue weighted by atomic mass is 10.0. The van der Waals surface area contributed by atoms with Gasteiger partial charge in [-0.15, -0.1) is 0 Å². The first kappa shape index (κ1) is 15.4. The van der Waals surface area contributed by atoms with E-state index in [0.717, 1.165) is 38.3 Å². The summed E-state index contributed by atoms with van der Waals surface area (Å²) in [5.74, 6) is 1.13. The molecule has 2 saturated heterocycles. The fraction of sp³-hybridized carbons (Fsp3) is 0.688. The number of nitrogens with zero attached hydrogens (tertiary/aromatic N) is 4. The topological polar surface area (TPSA) is 58.6 Å². The molecule has 6 nitrogen and oxygen atoms in total. The number of carbonyl (C=O) groups excluding carboxylic acids is 1. The van der Waals surface area contributed by atoms with E-state index >= 15 is 0 Å². The van der Waals surface area contributed by atoms with Gasteiger partial charge in [0.1, 0.15) is 5.82 Å². The van der Waals surface area contributed by atoms with Crippen LogP contribution in [0.15, 0.2) is 18.5 Å². The molecule has 3 atom stereocenters. The van der Waals surface area contributed by atoms with Crippen LogP contribution in [-0.2, 0) is 16.1 Å². The summed E-state index contributed by atoms with van der Waals surface area (Å²) in [6, 6.07) is 2.20. The normalized spacial score (nSPS) is 28.5. The Morgan fingerprint density at radius 2 is 2.18 bits per heavy atom. The van der Waals surface area contributed by atoms with Gasteiger partial charge in [-0.2, -0.15) is 0 Å². The van der Waals surface area contributed by atoms with Crippen molar-refractivity contribution in [3.63, 3.8) is 0 Å². The summed E-state index contributed by atoms with van der Waals surface area (Å²) in [6.07, 6.45) is 5.46. The first-order valence-electron chi connectivity index (χ1n) is 8.01. The van der Waals surface area contributed by atoms with Crippen LogP contribution in [0.4, 0.5) is 0 Å². The summed E-state index contributed by atoms with van der Waals surface area (Å²) in [5.41, 5.74) is 0. The van der Waals surface area contributed by atoms with E-state index in [1.165, 1.54) is 0 Å². The highest BCUT2D eigenvalue weighted by atomic mass is 16.5. The minimum Gasteiger partial charge on any atom is -0.378 e. The molecule has 0 spiro atoms. The molecule has 2 fully saturated rings. The molecule has 6 heteroatoms. The zero-order valence-corrected chi connectivity index (χ0v) is 13.3. The molecule has 2 aliphatic heterocycles. The number of ether oxygens (including phenoxy) is 1. The van der Waals surface area contributed by atoms with Gasteiger partial charge in [-0.05, 0) is 32.9 Å². The van der Waals surface area contributed by atoms with Gasteiger partial charge in [0, 0.05) is 38.1 Å². The highest BCUT2D eigenvalue weighted by Crippen LogP contribution is 2.25. The Kier molecular flexibility index (Phi) is 4.69. The Bertz CT molecular complexity index is 510. The van der Waals surface area contributed by atoms with Gasteiger partial charge < -0.3 is 9.64 Å². The smallest absolute Gasteiger partial charge is 0.228 e. The van der Waals surface area contributed by atoms with Crippen molar-refractivity contribution in [1.82, 2.24) is 19.8 Å².